The van der Waals surface area contributed by atoms with Gasteiger partial charge in [-0.15, -0.1) is 0 Å². The summed E-state index contributed by atoms with van der Waals surface area (Å²) in [5.41, 5.74) is -0.292. The Labute approximate surface area is 121 Å². The summed E-state index contributed by atoms with van der Waals surface area (Å²) >= 11 is 0. The maximum absolute atomic E-state index is 11.9. The molecule has 0 saturated heterocycles. The first-order chi connectivity index (χ1) is 9.85. The van der Waals surface area contributed by atoms with Crippen LogP contribution in [0.15, 0.2) is 18.2 Å². The number of urea groups is 1. The summed E-state index contributed by atoms with van der Waals surface area (Å²) < 4.78 is 0. The normalized spacial score (nSPS) is 10.0. The van der Waals surface area contributed by atoms with Gasteiger partial charge < -0.3 is 25.7 Å². The smallest absolute Gasteiger partial charge is 0.335 e. The Morgan fingerprint density at radius 3 is 2.05 bits per heavy atom. The summed E-state index contributed by atoms with van der Waals surface area (Å²) in [7, 11) is 3.33. The monoisotopic (exact) mass is 295 g/mol. The molecule has 0 fully saturated rings. The first-order valence-corrected chi connectivity index (χ1v) is 6.13. The quantitative estimate of drug-likeness (QED) is 0.615. The molecule has 0 aliphatic heterocycles. The highest BCUT2D eigenvalue weighted by molar-refractivity contribution is 5.98. The van der Waals surface area contributed by atoms with Gasteiger partial charge in [-0.3, -0.25) is 0 Å². The predicted molar refractivity (Wildman–Crippen MR) is 75.9 cm³/mol. The van der Waals surface area contributed by atoms with Crippen molar-refractivity contribution in [2.24, 2.45) is 0 Å². The molecule has 0 aliphatic carbocycles. The van der Waals surface area contributed by atoms with Gasteiger partial charge >= 0.3 is 18.0 Å². The van der Waals surface area contributed by atoms with Crippen molar-refractivity contribution in [3.05, 3.63) is 29.3 Å². The minimum Gasteiger partial charge on any atom is -0.478 e. The molecule has 0 saturated carbocycles. The standard InChI is InChI=1S/C13H17N3O5/c1-14-3-4-16(2)13(21)15-10-6-8(11(17)18)5-9(7-10)12(19)20/h5-7,14H,3-4H2,1-2H3,(H,15,21)(H,17,18)(H,19,20). The SMILES string of the molecule is CNCCN(C)C(=O)Nc1cc(C(=O)O)cc(C(=O)O)c1. The van der Waals surface area contributed by atoms with Crippen LogP contribution in [0.4, 0.5) is 10.5 Å². The zero-order valence-corrected chi connectivity index (χ0v) is 11.7. The Hall–Kier alpha value is -2.61. The van der Waals surface area contributed by atoms with Gasteiger partial charge in [0.05, 0.1) is 11.1 Å². The van der Waals surface area contributed by atoms with E-state index in [1.165, 1.54) is 17.0 Å². The number of carbonyl (C=O) groups is 3. The first-order valence-electron chi connectivity index (χ1n) is 6.13. The van der Waals surface area contributed by atoms with Gasteiger partial charge in [-0.05, 0) is 25.2 Å². The largest absolute Gasteiger partial charge is 0.478 e. The lowest BCUT2D eigenvalue weighted by molar-refractivity contribution is 0.0696. The van der Waals surface area contributed by atoms with Crippen LogP contribution in [-0.2, 0) is 0 Å². The molecule has 0 heterocycles. The van der Waals surface area contributed by atoms with Crippen molar-refractivity contribution in [3.8, 4) is 0 Å². The number of nitrogens with one attached hydrogen (secondary N) is 2. The van der Waals surface area contributed by atoms with Crippen LogP contribution in [0.3, 0.4) is 0 Å². The number of carbonyl (C=O) groups excluding carboxylic acids is 1. The van der Waals surface area contributed by atoms with Crippen molar-refractivity contribution >= 4 is 23.7 Å². The molecular weight excluding hydrogens is 278 g/mol. The minimum atomic E-state index is -1.27. The van der Waals surface area contributed by atoms with Crippen LogP contribution in [0.5, 0.6) is 0 Å². The van der Waals surface area contributed by atoms with Crippen LogP contribution in [-0.4, -0.2) is 60.3 Å². The maximum Gasteiger partial charge on any atom is 0.335 e. The van der Waals surface area contributed by atoms with Crippen LogP contribution in [0.2, 0.25) is 0 Å². The van der Waals surface area contributed by atoms with Crippen LogP contribution in [0.25, 0.3) is 0 Å². The second-order valence-electron chi connectivity index (χ2n) is 4.36. The van der Waals surface area contributed by atoms with E-state index in [0.29, 0.717) is 13.1 Å². The highest BCUT2D eigenvalue weighted by Crippen LogP contribution is 2.16. The van der Waals surface area contributed by atoms with E-state index in [0.717, 1.165) is 6.07 Å². The summed E-state index contributed by atoms with van der Waals surface area (Å²) in [5.74, 6) is -2.53. The Bertz CT molecular complexity index is 526. The van der Waals surface area contributed by atoms with Crippen molar-refractivity contribution in [1.82, 2.24) is 10.2 Å². The number of hydrogen-bond acceptors (Lipinski definition) is 4. The third-order valence-corrected chi connectivity index (χ3v) is 2.72. The fraction of sp³-hybridized carbons (Fsp3) is 0.308. The molecule has 1 aromatic rings. The number of likely N-dealkylation sites (N-methyl/N-ethyl adjacent to an activating group) is 2. The minimum absolute atomic E-state index is 0.119. The van der Waals surface area contributed by atoms with E-state index < -0.39 is 18.0 Å². The molecule has 8 nitrogen and oxygen atoms in total. The molecule has 2 amide bonds. The van der Waals surface area contributed by atoms with E-state index in [2.05, 4.69) is 10.6 Å². The summed E-state index contributed by atoms with van der Waals surface area (Å²) in [6, 6.07) is 2.99. The number of carboxylic acids is 2. The number of rotatable bonds is 6. The highest BCUT2D eigenvalue weighted by atomic mass is 16.4. The summed E-state index contributed by atoms with van der Waals surface area (Å²) in [6.07, 6.45) is 0. The van der Waals surface area contributed by atoms with Crippen LogP contribution in [0, 0.1) is 0 Å². The highest BCUT2D eigenvalue weighted by Gasteiger charge is 2.14. The molecule has 0 bridgehead atoms. The number of aromatic carboxylic acids is 2. The maximum atomic E-state index is 11.9. The number of carboxylic acid groups (broad SMARTS) is 2. The lowest BCUT2D eigenvalue weighted by atomic mass is 10.1. The molecule has 1 aromatic carbocycles. The Morgan fingerprint density at radius 2 is 1.62 bits per heavy atom. The van der Waals surface area contributed by atoms with Gasteiger partial charge in [0.2, 0.25) is 0 Å². The second kappa shape index (κ2) is 7.25. The van der Waals surface area contributed by atoms with E-state index in [9.17, 15) is 14.4 Å². The fourth-order valence-electron chi connectivity index (χ4n) is 1.55. The van der Waals surface area contributed by atoms with Gasteiger partial charge in [0.15, 0.2) is 0 Å². The van der Waals surface area contributed by atoms with Gasteiger partial charge in [0, 0.05) is 25.8 Å². The van der Waals surface area contributed by atoms with Crippen molar-refractivity contribution in [2.75, 3.05) is 32.5 Å². The lowest BCUT2D eigenvalue weighted by Gasteiger charge is -2.18. The zero-order chi connectivity index (χ0) is 16.0. The second-order valence-corrected chi connectivity index (χ2v) is 4.36. The van der Waals surface area contributed by atoms with Gasteiger partial charge in [-0.25, -0.2) is 14.4 Å². The molecule has 114 valence electrons. The molecular formula is C13H17N3O5. The van der Waals surface area contributed by atoms with Crippen molar-refractivity contribution in [2.45, 2.75) is 0 Å². The van der Waals surface area contributed by atoms with Crippen LogP contribution < -0.4 is 10.6 Å². The van der Waals surface area contributed by atoms with Crippen LogP contribution in [0.1, 0.15) is 20.7 Å². The van der Waals surface area contributed by atoms with E-state index in [1.807, 2.05) is 0 Å². The lowest BCUT2D eigenvalue weighted by Crippen LogP contribution is -2.36. The predicted octanol–water partition coefficient (Wildman–Crippen LogP) is 0.766. The van der Waals surface area contributed by atoms with E-state index in [4.69, 9.17) is 10.2 Å². The van der Waals surface area contributed by atoms with E-state index >= 15 is 0 Å². The molecule has 0 atom stereocenters. The van der Waals surface area contributed by atoms with Crippen molar-refractivity contribution in [3.63, 3.8) is 0 Å². The van der Waals surface area contributed by atoms with Gasteiger partial charge in [-0.1, -0.05) is 0 Å². The van der Waals surface area contributed by atoms with Crippen LogP contribution >= 0.6 is 0 Å². The molecule has 4 N–H and O–H groups in total. The molecule has 0 spiro atoms. The molecule has 0 aromatic heterocycles. The van der Waals surface area contributed by atoms with E-state index in [1.54, 1.807) is 14.1 Å². The molecule has 21 heavy (non-hydrogen) atoms. The van der Waals surface area contributed by atoms with Gasteiger partial charge in [-0.2, -0.15) is 0 Å². The summed E-state index contributed by atoms with van der Waals surface area (Å²) in [4.78, 5) is 35.2. The summed E-state index contributed by atoms with van der Waals surface area (Å²) in [5, 5.41) is 23.3. The van der Waals surface area contributed by atoms with Gasteiger partial charge in [0.1, 0.15) is 0 Å². The third kappa shape index (κ3) is 4.77. The first kappa shape index (κ1) is 16.4. The number of benzene rings is 1. The van der Waals surface area contributed by atoms with Gasteiger partial charge in [0.25, 0.3) is 0 Å². The topological polar surface area (TPSA) is 119 Å². The Kier molecular flexibility index (Phi) is 5.67. The molecule has 0 aliphatic rings. The summed E-state index contributed by atoms with van der Waals surface area (Å²) in [6.45, 7) is 1.05. The third-order valence-electron chi connectivity index (χ3n) is 2.72. The fourth-order valence-corrected chi connectivity index (χ4v) is 1.55. The number of nitrogens with zero attached hydrogens (tertiary/aromatic N) is 1. The molecule has 1 rings (SSSR count). The Morgan fingerprint density at radius 1 is 1.10 bits per heavy atom. The average molecular weight is 295 g/mol. The number of anilines is 1. The average Bonchev–Trinajstić information content (AvgIpc) is 2.44. The van der Waals surface area contributed by atoms with E-state index in [-0.39, 0.29) is 16.8 Å². The number of hydrogen-bond donors (Lipinski definition) is 4. The Balaban J connectivity index is 2.94. The van der Waals surface area contributed by atoms with Crippen molar-refractivity contribution < 1.29 is 24.6 Å². The zero-order valence-electron chi connectivity index (χ0n) is 11.7. The molecule has 0 radical (unpaired) electrons. The van der Waals surface area contributed by atoms with Crippen molar-refractivity contribution in [1.29, 1.82) is 0 Å². The molecule has 8 heteroatoms. The molecule has 0 unspecified atom stereocenters. The number of amides is 2.